The molecule has 0 radical (unpaired) electrons. The molecule has 1 aromatic rings. The standard InChI is InChI=1S/C29H40N2O5S/c1-8-15-30(23-18(5)11-10-12-19(23)6)26(34)24-29-14-13-28(7,37-29)22(27(35)36-9-2)21(29)25(33)31(24)20(16-32)17(3)4/h8,10-12,17,20-22,24,32H,1,9,13-16H2,2-7H3/t20-,21-,22+,24?,28-,29?/m0/s1. The van der Waals surface area contributed by atoms with Crippen molar-refractivity contribution in [1.82, 2.24) is 4.90 Å². The molecular weight excluding hydrogens is 488 g/mol. The lowest BCUT2D eigenvalue weighted by Gasteiger charge is -2.41. The summed E-state index contributed by atoms with van der Waals surface area (Å²) in [5.41, 5.74) is 2.74. The van der Waals surface area contributed by atoms with E-state index in [1.54, 1.807) is 34.6 Å². The molecule has 7 nitrogen and oxygen atoms in total. The van der Waals surface area contributed by atoms with Crippen LogP contribution in [-0.4, -0.2) is 69.1 Å². The number of aliphatic hydroxyl groups is 1. The zero-order valence-electron chi connectivity index (χ0n) is 22.8. The van der Waals surface area contributed by atoms with E-state index in [1.165, 1.54) is 0 Å². The van der Waals surface area contributed by atoms with Crippen molar-refractivity contribution in [3.05, 3.63) is 42.0 Å². The number of benzene rings is 1. The van der Waals surface area contributed by atoms with E-state index in [0.717, 1.165) is 23.2 Å². The van der Waals surface area contributed by atoms with Crippen LogP contribution in [0.2, 0.25) is 0 Å². The second-order valence-corrected chi connectivity index (χ2v) is 13.1. The van der Waals surface area contributed by atoms with Crippen molar-refractivity contribution in [2.45, 2.75) is 76.0 Å². The molecule has 202 valence electrons. The molecule has 4 rings (SSSR count). The van der Waals surface area contributed by atoms with Gasteiger partial charge in [0, 0.05) is 17.0 Å². The number of rotatable bonds is 9. The summed E-state index contributed by atoms with van der Waals surface area (Å²) in [4.78, 5) is 45.7. The molecule has 3 aliphatic rings. The van der Waals surface area contributed by atoms with Crippen LogP contribution in [0.1, 0.15) is 51.7 Å². The van der Waals surface area contributed by atoms with Gasteiger partial charge in [0.1, 0.15) is 6.04 Å². The molecular formula is C29H40N2O5S. The molecule has 2 unspecified atom stereocenters. The second-order valence-electron chi connectivity index (χ2n) is 11.2. The van der Waals surface area contributed by atoms with E-state index in [0.29, 0.717) is 13.0 Å². The number of ether oxygens (including phenoxy) is 1. The molecule has 0 aliphatic carbocycles. The number of anilines is 1. The van der Waals surface area contributed by atoms with Gasteiger partial charge in [-0.3, -0.25) is 14.4 Å². The molecule has 37 heavy (non-hydrogen) atoms. The number of para-hydroxylation sites is 1. The first-order valence-electron chi connectivity index (χ1n) is 13.3. The molecule has 2 bridgehead atoms. The van der Waals surface area contributed by atoms with Gasteiger partial charge in [0.25, 0.3) is 5.91 Å². The Bertz CT molecular complexity index is 1090. The predicted octanol–water partition coefficient (Wildman–Crippen LogP) is 3.88. The molecule has 0 aromatic heterocycles. The van der Waals surface area contributed by atoms with Crippen LogP contribution < -0.4 is 4.90 Å². The highest BCUT2D eigenvalue weighted by molar-refractivity contribution is 8.02. The van der Waals surface area contributed by atoms with E-state index >= 15 is 0 Å². The molecule has 3 aliphatic heterocycles. The van der Waals surface area contributed by atoms with Gasteiger partial charge in [0.15, 0.2) is 0 Å². The van der Waals surface area contributed by atoms with Gasteiger partial charge < -0.3 is 19.6 Å². The molecule has 0 saturated carbocycles. The molecule has 1 spiro atoms. The zero-order valence-corrected chi connectivity index (χ0v) is 23.6. The average Bonchev–Trinajstić information content (AvgIpc) is 3.39. The minimum atomic E-state index is -0.810. The number of amides is 2. The topological polar surface area (TPSA) is 87.2 Å². The Kier molecular flexibility index (Phi) is 7.56. The normalized spacial score (nSPS) is 31.0. The number of thioether (sulfide) groups is 1. The van der Waals surface area contributed by atoms with Gasteiger partial charge in [-0.05, 0) is 57.6 Å². The summed E-state index contributed by atoms with van der Waals surface area (Å²) in [7, 11) is 0. The Labute approximate surface area is 224 Å². The molecule has 1 N–H and O–H groups in total. The Balaban J connectivity index is 1.90. The average molecular weight is 529 g/mol. The first kappa shape index (κ1) is 27.7. The fourth-order valence-electron chi connectivity index (χ4n) is 7.01. The number of esters is 1. The fourth-order valence-corrected chi connectivity index (χ4v) is 9.34. The lowest BCUT2D eigenvalue weighted by molar-refractivity contribution is -0.155. The van der Waals surface area contributed by atoms with Crippen molar-refractivity contribution >= 4 is 35.2 Å². The number of hydrogen-bond acceptors (Lipinski definition) is 6. The van der Waals surface area contributed by atoms with Crippen molar-refractivity contribution in [3.8, 4) is 0 Å². The summed E-state index contributed by atoms with van der Waals surface area (Å²) in [6, 6.07) is 4.56. The number of hydrogen-bond donors (Lipinski definition) is 1. The van der Waals surface area contributed by atoms with E-state index < -0.39 is 33.4 Å². The zero-order chi connectivity index (χ0) is 27.3. The smallest absolute Gasteiger partial charge is 0.311 e. The summed E-state index contributed by atoms with van der Waals surface area (Å²) >= 11 is 1.62. The lowest BCUT2D eigenvalue weighted by Crippen LogP contribution is -2.58. The van der Waals surface area contributed by atoms with Gasteiger partial charge in [-0.15, -0.1) is 18.3 Å². The monoisotopic (exact) mass is 528 g/mol. The SMILES string of the molecule is C=CCN(C(=O)C1N([C@@H](CO)C(C)C)C(=O)[C@@H]2[C@H](C(=O)OCC)[C@]3(C)CCC12S3)c1c(C)cccc1C. The minimum Gasteiger partial charge on any atom is -0.466 e. The van der Waals surface area contributed by atoms with Crippen molar-refractivity contribution in [3.63, 3.8) is 0 Å². The van der Waals surface area contributed by atoms with Crippen molar-refractivity contribution < 1.29 is 24.2 Å². The quantitative estimate of drug-likeness (QED) is 0.387. The molecule has 8 heteroatoms. The highest BCUT2D eigenvalue weighted by atomic mass is 32.2. The van der Waals surface area contributed by atoms with Crippen LogP contribution in [0.15, 0.2) is 30.9 Å². The maximum Gasteiger partial charge on any atom is 0.311 e. The maximum atomic E-state index is 14.7. The van der Waals surface area contributed by atoms with Crippen LogP contribution in [0.25, 0.3) is 0 Å². The van der Waals surface area contributed by atoms with Gasteiger partial charge in [0.2, 0.25) is 5.91 Å². The number of likely N-dealkylation sites (tertiary alicyclic amines) is 1. The van der Waals surface area contributed by atoms with Gasteiger partial charge in [-0.1, -0.05) is 38.1 Å². The molecule has 3 saturated heterocycles. The number of aryl methyl sites for hydroxylation is 2. The summed E-state index contributed by atoms with van der Waals surface area (Å²) in [5, 5.41) is 10.4. The molecule has 6 atom stereocenters. The molecule has 3 fully saturated rings. The van der Waals surface area contributed by atoms with E-state index in [4.69, 9.17) is 4.74 Å². The first-order valence-corrected chi connectivity index (χ1v) is 14.1. The second kappa shape index (κ2) is 10.1. The number of nitrogens with zero attached hydrogens (tertiary/aromatic N) is 2. The van der Waals surface area contributed by atoms with Crippen molar-refractivity contribution in [2.75, 3.05) is 24.7 Å². The number of fused-ring (bicyclic) bond motifs is 1. The fraction of sp³-hybridized carbons (Fsp3) is 0.621. The van der Waals surface area contributed by atoms with Gasteiger partial charge in [-0.25, -0.2) is 0 Å². The highest BCUT2D eigenvalue weighted by Gasteiger charge is 2.78. The Morgan fingerprint density at radius 2 is 1.95 bits per heavy atom. The third-order valence-electron chi connectivity index (χ3n) is 8.59. The van der Waals surface area contributed by atoms with Gasteiger partial charge in [0.05, 0.1) is 35.8 Å². The van der Waals surface area contributed by atoms with Crippen LogP contribution >= 0.6 is 11.8 Å². The van der Waals surface area contributed by atoms with Gasteiger partial charge in [-0.2, -0.15) is 0 Å². The minimum absolute atomic E-state index is 0.0774. The van der Waals surface area contributed by atoms with Crippen LogP contribution in [0.3, 0.4) is 0 Å². The van der Waals surface area contributed by atoms with Crippen molar-refractivity contribution in [1.29, 1.82) is 0 Å². The number of aliphatic hydroxyl groups excluding tert-OH is 1. The van der Waals surface area contributed by atoms with E-state index in [-0.39, 0.29) is 36.9 Å². The van der Waals surface area contributed by atoms with Crippen LogP contribution in [0, 0.1) is 31.6 Å². The predicted molar refractivity (Wildman–Crippen MR) is 146 cm³/mol. The maximum absolute atomic E-state index is 14.7. The molecule has 2 amide bonds. The summed E-state index contributed by atoms with van der Waals surface area (Å²) in [6.07, 6.45) is 3.07. The Morgan fingerprint density at radius 3 is 2.49 bits per heavy atom. The third-order valence-corrected chi connectivity index (χ3v) is 10.6. The first-order chi connectivity index (χ1) is 17.5. The van der Waals surface area contributed by atoms with Crippen LogP contribution in [0.5, 0.6) is 0 Å². The summed E-state index contributed by atoms with van der Waals surface area (Å²) in [6.45, 7) is 15.8. The van der Waals surface area contributed by atoms with Gasteiger partial charge >= 0.3 is 5.97 Å². The Morgan fingerprint density at radius 1 is 1.30 bits per heavy atom. The van der Waals surface area contributed by atoms with E-state index in [2.05, 4.69) is 6.58 Å². The Hall–Kier alpha value is -2.32. The lowest BCUT2D eigenvalue weighted by atomic mass is 9.66. The van der Waals surface area contributed by atoms with Crippen LogP contribution in [0.4, 0.5) is 5.69 Å². The summed E-state index contributed by atoms with van der Waals surface area (Å²) < 4.78 is 4.22. The van der Waals surface area contributed by atoms with Crippen molar-refractivity contribution in [2.24, 2.45) is 17.8 Å². The molecule has 3 heterocycles. The summed E-state index contributed by atoms with van der Waals surface area (Å²) in [5.74, 6) is -2.15. The number of carbonyl (C=O) groups excluding carboxylic acids is 3. The number of carbonyl (C=O) groups is 3. The largest absolute Gasteiger partial charge is 0.466 e. The highest BCUT2D eigenvalue weighted by Crippen LogP contribution is 2.72. The molecule has 1 aromatic carbocycles. The third kappa shape index (κ3) is 4.11. The van der Waals surface area contributed by atoms with E-state index in [1.807, 2.05) is 52.8 Å². The van der Waals surface area contributed by atoms with Crippen LogP contribution in [-0.2, 0) is 19.1 Å². The van der Waals surface area contributed by atoms with E-state index in [9.17, 15) is 19.5 Å².